The summed E-state index contributed by atoms with van der Waals surface area (Å²) in [5.74, 6) is 0.679. The third-order valence-corrected chi connectivity index (χ3v) is 5.49. The summed E-state index contributed by atoms with van der Waals surface area (Å²) in [5.41, 5.74) is 2.10. The van der Waals surface area contributed by atoms with Gasteiger partial charge in [0.05, 0.1) is 12.1 Å². The molecule has 0 saturated carbocycles. The molecule has 1 aromatic carbocycles. The number of H-pyrrole nitrogens is 1. The van der Waals surface area contributed by atoms with Gasteiger partial charge in [-0.05, 0) is 49.7 Å². The van der Waals surface area contributed by atoms with E-state index >= 15 is 0 Å². The van der Waals surface area contributed by atoms with Crippen molar-refractivity contribution in [3.63, 3.8) is 0 Å². The Morgan fingerprint density at radius 1 is 1.36 bits per heavy atom. The minimum Gasteiger partial charge on any atom is -0.394 e. The lowest BCUT2D eigenvalue weighted by atomic mass is 9.87. The molecule has 2 aromatic rings. The van der Waals surface area contributed by atoms with E-state index in [-0.39, 0.29) is 18.1 Å². The lowest BCUT2D eigenvalue weighted by molar-refractivity contribution is -0.137. The van der Waals surface area contributed by atoms with Crippen LogP contribution >= 0.6 is 0 Å². The molecule has 1 atom stereocenters. The van der Waals surface area contributed by atoms with Crippen LogP contribution in [0.25, 0.3) is 10.9 Å². The number of nitrogens with one attached hydrogen (secondary N) is 1. The van der Waals surface area contributed by atoms with Crippen molar-refractivity contribution in [2.24, 2.45) is 5.92 Å². The second kappa shape index (κ2) is 7.61. The molecule has 1 amide bonds. The maximum atomic E-state index is 12.8. The molecule has 2 N–H and O–H groups in total. The smallest absolute Gasteiger partial charge is 0.223 e. The van der Waals surface area contributed by atoms with Gasteiger partial charge in [0.1, 0.15) is 0 Å². The van der Waals surface area contributed by atoms with Gasteiger partial charge in [-0.15, -0.1) is 0 Å². The lowest BCUT2D eigenvalue weighted by Crippen LogP contribution is -2.50. The number of nitrogens with zero attached hydrogens (tertiary/aromatic N) is 1. The molecule has 1 fully saturated rings. The summed E-state index contributed by atoms with van der Waals surface area (Å²) in [7, 11) is 0. The van der Waals surface area contributed by atoms with Gasteiger partial charge in [-0.1, -0.05) is 32.0 Å². The second-order valence-corrected chi connectivity index (χ2v) is 7.84. The van der Waals surface area contributed by atoms with Crippen LogP contribution in [0.5, 0.6) is 0 Å². The first kappa shape index (κ1) is 18.0. The number of hydrogen-bond donors (Lipinski definition) is 2. The van der Waals surface area contributed by atoms with Gasteiger partial charge in [0.2, 0.25) is 5.91 Å². The minimum absolute atomic E-state index is 0.0827. The Bertz CT molecular complexity index is 722. The highest BCUT2D eigenvalue weighted by atomic mass is 16.3. The zero-order chi connectivity index (χ0) is 17.9. The number of carbonyl (C=O) groups excluding carboxylic acids is 1. The van der Waals surface area contributed by atoms with Crippen molar-refractivity contribution in [2.75, 3.05) is 13.2 Å². The van der Waals surface area contributed by atoms with Gasteiger partial charge in [0.25, 0.3) is 0 Å². The molecule has 3 rings (SSSR count). The quantitative estimate of drug-likeness (QED) is 0.802. The number of benzene rings is 1. The number of aliphatic hydroxyl groups is 1. The van der Waals surface area contributed by atoms with Crippen LogP contribution in [0.1, 0.15) is 51.5 Å². The summed E-state index contributed by atoms with van der Waals surface area (Å²) < 4.78 is 0. The monoisotopic (exact) mass is 342 g/mol. The van der Waals surface area contributed by atoms with Crippen LogP contribution in [0.15, 0.2) is 30.5 Å². The second-order valence-electron chi connectivity index (χ2n) is 7.84. The van der Waals surface area contributed by atoms with Crippen molar-refractivity contribution in [1.29, 1.82) is 0 Å². The predicted octanol–water partition coefficient (Wildman–Crippen LogP) is 3.89. The average molecular weight is 342 g/mol. The van der Waals surface area contributed by atoms with E-state index in [0.717, 1.165) is 44.2 Å². The molecule has 1 aliphatic heterocycles. The zero-order valence-electron chi connectivity index (χ0n) is 15.4. The maximum Gasteiger partial charge on any atom is 0.223 e. The standard InChI is InChI=1S/C21H30N2O2/c1-16(2)13-21(15-24)11-6-12-23(21)20(25)10-5-7-17-14-22-19-9-4-3-8-18(17)19/h3-4,8-9,14,16,22,24H,5-7,10-13,15H2,1-2H3/t21-/m1/s1. The molecule has 4 nitrogen and oxygen atoms in total. The van der Waals surface area contributed by atoms with Gasteiger partial charge in [0.15, 0.2) is 0 Å². The summed E-state index contributed by atoms with van der Waals surface area (Å²) in [6.45, 7) is 5.20. The molecule has 1 aromatic heterocycles. The van der Waals surface area contributed by atoms with Crippen molar-refractivity contribution in [2.45, 2.75) is 57.9 Å². The van der Waals surface area contributed by atoms with Crippen molar-refractivity contribution >= 4 is 16.8 Å². The highest BCUT2D eigenvalue weighted by molar-refractivity contribution is 5.83. The van der Waals surface area contributed by atoms with E-state index in [1.807, 2.05) is 11.0 Å². The van der Waals surface area contributed by atoms with Crippen molar-refractivity contribution in [3.05, 3.63) is 36.0 Å². The molecule has 4 heteroatoms. The molecule has 0 bridgehead atoms. The molecule has 1 aliphatic rings. The Morgan fingerprint density at radius 3 is 2.92 bits per heavy atom. The first-order valence-corrected chi connectivity index (χ1v) is 9.52. The Labute approximate surface area is 150 Å². The van der Waals surface area contributed by atoms with Crippen LogP contribution < -0.4 is 0 Å². The molecule has 25 heavy (non-hydrogen) atoms. The number of hydrogen-bond acceptors (Lipinski definition) is 2. The van der Waals surface area contributed by atoms with E-state index in [9.17, 15) is 9.90 Å². The van der Waals surface area contributed by atoms with E-state index in [0.29, 0.717) is 12.3 Å². The summed E-state index contributed by atoms with van der Waals surface area (Å²) in [6.07, 6.45) is 7.18. The molecule has 0 aliphatic carbocycles. The van der Waals surface area contributed by atoms with E-state index in [4.69, 9.17) is 0 Å². The highest BCUT2D eigenvalue weighted by Crippen LogP contribution is 2.35. The fourth-order valence-electron chi connectivity index (χ4n) is 4.43. The topological polar surface area (TPSA) is 56.3 Å². The molecule has 136 valence electrons. The number of rotatable bonds is 7. The van der Waals surface area contributed by atoms with Crippen LogP contribution in [-0.4, -0.2) is 39.6 Å². The Kier molecular flexibility index (Phi) is 5.48. The molecule has 0 spiro atoms. The van der Waals surface area contributed by atoms with Gasteiger partial charge >= 0.3 is 0 Å². The van der Waals surface area contributed by atoms with E-state index in [1.54, 1.807) is 0 Å². The number of aromatic amines is 1. The first-order valence-electron chi connectivity index (χ1n) is 9.52. The molecule has 0 unspecified atom stereocenters. The third-order valence-electron chi connectivity index (χ3n) is 5.49. The molecule has 2 heterocycles. The van der Waals surface area contributed by atoms with E-state index in [2.05, 4.69) is 43.2 Å². The fourth-order valence-corrected chi connectivity index (χ4v) is 4.43. The normalized spacial score (nSPS) is 20.7. The van der Waals surface area contributed by atoms with E-state index < -0.39 is 0 Å². The Hall–Kier alpha value is -1.81. The van der Waals surface area contributed by atoms with Gasteiger partial charge in [-0.25, -0.2) is 0 Å². The van der Waals surface area contributed by atoms with Crippen molar-refractivity contribution in [1.82, 2.24) is 9.88 Å². The van der Waals surface area contributed by atoms with E-state index in [1.165, 1.54) is 10.9 Å². The molecule has 1 saturated heterocycles. The summed E-state index contributed by atoms with van der Waals surface area (Å²) in [6, 6.07) is 8.29. The number of aliphatic hydroxyl groups excluding tert-OH is 1. The third kappa shape index (κ3) is 3.74. The summed E-state index contributed by atoms with van der Waals surface area (Å²) in [5, 5.41) is 11.2. The Morgan fingerprint density at radius 2 is 2.16 bits per heavy atom. The number of para-hydroxylation sites is 1. The van der Waals surface area contributed by atoms with Crippen molar-refractivity contribution < 1.29 is 9.90 Å². The van der Waals surface area contributed by atoms with Gasteiger partial charge in [-0.2, -0.15) is 0 Å². The Balaban J connectivity index is 1.60. The summed E-state index contributed by atoms with van der Waals surface area (Å²) in [4.78, 5) is 18.1. The van der Waals surface area contributed by atoms with Crippen molar-refractivity contribution in [3.8, 4) is 0 Å². The first-order chi connectivity index (χ1) is 12.1. The number of aromatic nitrogens is 1. The van der Waals surface area contributed by atoms with Crippen LogP contribution in [0.2, 0.25) is 0 Å². The number of carbonyl (C=O) groups is 1. The highest BCUT2D eigenvalue weighted by Gasteiger charge is 2.42. The number of likely N-dealkylation sites (tertiary alicyclic amines) is 1. The average Bonchev–Trinajstić information content (AvgIpc) is 3.19. The lowest BCUT2D eigenvalue weighted by Gasteiger charge is -2.38. The fraction of sp³-hybridized carbons (Fsp3) is 0.571. The number of aryl methyl sites for hydroxylation is 1. The summed E-state index contributed by atoms with van der Waals surface area (Å²) >= 11 is 0. The molecular weight excluding hydrogens is 312 g/mol. The van der Waals surface area contributed by atoms with Gasteiger partial charge in [0, 0.05) is 30.1 Å². The molecule has 0 radical (unpaired) electrons. The molecular formula is C21H30N2O2. The number of fused-ring (bicyclic) bond motifs is 1. The SMILES string of the molecule is CC(C)C[C@@]1(CO)CCCN1C(=O)CCCc1c[nH]c2ccccc12. The predicted molar refractivity (Wildman–Crippen MR) is 101 cm³/mol. The number of amides is 1. The van der Waals surface area contributed by atoms with Crippen LogP contribution in [0.4, 0.5) is 0 Å². The van der Waals surface area contributed by atoms with Crippen LogP contribution in [0.3, 0.4) is 0 Å². The van der Waals surface area contributed by atoms with Gasteiger partial charge in [-0.3, -0.25) is 4.79 Å². The minimum atomic E-state index is -0.327. The van der Waals surface area contributed by atoms with Gasteiger partial charge < -0.3 is 15.0 Å². The van der Waals surface area contributed by atoms with Crippen LogP contribution in [-0.2, 0) is 11.2 Å². The zero-order valence-corrected chi connectivity index (χ0v) is 15.4. The largest absolute Gasteiger partial charge is 0.394 e. The maximum absolute atomic E-state index is 12.8. The van der Waals surface area contributed by atoms with Crippen LogP contribution in [0, 0.1) is 5.92 Å².